The number of nitrogens with one attached hydrogen (secondary N) is 3. The van der Waals surface area contributed by atoms with Crippen molar-refractivity contribution in [1.29, 1.82) is 0 Å². The highest BCUT2D eigenvalue weighted by molar-refractivity contribution is 7.99. The molecule has 0 unspecified atom stereocenters. The van der Waals surface area contributed by atoms with E-state index in [9.17, 15) is 14.0 Å². The van der Waals surface area contributed by atoms with Crippen molar-refractivity contribution in [2.75, 3.05) is 16.4 Å². The minimum absolute atomic E-state index is 0.151. The normalized spacial score (nSPS) is 10.4. The van der Waals surface area contributed by atoms with Gasteiger partial charge in [0, 0.05) is 18.3 Å². The number of carbonyl (C=O) groups excluding carboxylic acids is 2. The lowest BCUT2D eigenvalue weighted by atomic mass is 10.2. The van der Waals surface area contributed by atoms with Crippen molar-refractivity contribution in [2.24, 2.45) is 0 Å². The number of anilines is 2. The van der Waals surface area contributed by atoms with Crippen LogP contribution < -0.4 is 10.6 Å². The zero-order chi connectivity index (χ0) is 19.2. The molecule has 2 amide bonds. The van der Waals surface area contributed by atoms with Gasteiger partial charge < -0.3 is 15.6 Å². The van der Waals surface area contributed by atoms with Crippen molar-refractivity contribution < 1.29 is 14.0 Å². The molecule has 27 heavy (non-hydrogen) atoms. The van der Waals surface area contributed by atoms with E-state index in [1.807, 2.05) is 0 Å². The van der Waals surface area contributed by atoms with Crippen LogP contribution in [-0.4, -0.2) is 27.5 Å². The lowest BCUT2D eigenvalue weighted by Crippen LogP contribution is -2.14. The first-order valence-electron chi connectivity index (χ1n) is 8.11. The Morgan fingerprint density at radius 1 is 1.04 bits per heavy atom. The molecule has 0 aliphatic rings. The number of nitrogens with zero attached hydrogens (tertiary/aromatic N) is 1. The van der Waals surface area contributed by atoms with Crippen molar-refractivity contribution in [3.63, 3.8) is 0 Å². The van der Waals surface area contributed by atoms with Crippen LogP contribution in [0.1, 0.15) is 6.92 Å². The minimum atomic E-state index is -0.297. The number of H-pyrrole nitrogens is 1. The van der Waals surface area contributed by atoms with Crippen molar-refractivity contribution >= 4 is 35.0 Å². The van der Waals surface area contributed by atoms with Gasteiger partial charge in [-0.25, -0.2) is 9.37 Å². The number of carbonyl (C=O) groups is 2. The molecule has 3 rings (SSSR count). The maximum Gasteiger partial charge on any atom is 0.234 e. The number of benzene rings is 2. The first-order chi connectivity index (χ1) is 13.0. The Hall–Kier alpha value is -3.13. The van der Waals surface area contributed by atoms with Crippen LogP contribution in [0.4, 0.5) is 15.8 Å². The van der Waals surface area contributed by atoms with Gasteiger partial charge in [-0.05, 0) is 54.1 Å². The van der Waals surface area contributed by atoms with Crippen LogP contribution in [0.15, 0.2) is 59.9 Å². The Morgan fingerprint density at radius 3 is 2.30 bits per heavy atom. The largest absolute Gasteiger partial charge is 0.333 e. The molecule has 0 bridgehead atoms. The van der Waals surface area contributed by atoms with Gasteiger partial charge in [-0.1, -0.05) is 11.8 Å². The van der Waals surface area contributed by atoms with E-state index in [0.29, 0.717) is 16.5 Å². The zero-order valence-corrected chi connectivity index (χ0v) is 15.3. The fraction of sp³-hybridized carbons (Fsp3) is 0.105. The number of rotatable bonds is 6. The smallest absolute Gasteiger partial charge is 0.234 e. The molecule has 1 aromatic heterocycles. The third-order valence-electron chi connectivity index (χ3n) is 3.54. The van der Waals surface area contributed by atoms with Crippen molar-refractivity contribution in [3.8, 4) is 11.3 Å². The van der Waals surface area contributed by atoms with Gasteiger partial charge in [0.25, 0.3) is 0 Å². The van der Waals surface area contributed by atoms with Crippen LogP contribution in [0, 0.1) is 5.82 Å². The van der Waals surface area contributed by atoms with Crippen LogP contribution in [-0.2, 0) is 9.59 Å². The summed E-state index contributed by atoms with van der Waals surface area (Å²) in [4.78, 5) is 30.4. The third-order valence-corrected chi connectivity index (χ3v) is 4.42. The molecule has 0 atom stereocenters. The van der Waals surface area contributed by atoms with Gasteiger partial charge in [0.2, 0.25) is 11.8 Å². The van der Waals surface area contributed by atoms with Gasteiger partial charge in [0.05, 0.1) is 17.6 Å². The highest BCUT2D eigenvalue weighted by Crippen LogP contribution is 2.22. The van der Waals surface area contributed by atoms with Crippen LogP contribution in [0.25, 0.3) is 11.3 Å². The Balaban J connectivity index is 1.52. The average Bonchev–Trinajstić information content (AvgIpc) is 3.11. The Kier molecular flexibility index (Phi) is 5.87. The fourth-order valence-electron chi connectivity index (χ4n) is 2.32. The van der Waals surface area contributed by atoms with Gasteiger partial charge >= 0.3 is 0 Å². The molecule has 0 saturated heterocycles. The Morgan fingerprint density at radius 2 is 1.67 bits per heavy atom. The molecule has 0 aliphatic heterocycles. The SMILES string of the molecule is CC(=O)Nc1ccc(NC(=O)CSc2ncc(-c3ccc(F)cc3)[nH]2)cc1. The van der Waals surface area contributed by atoms with Crippen molar-refractivity contribution in [2.45, 2.75) is 12.1 Å². The number of halogens is 1. The standard InChI is InChI=1S/C19H17FN4O2S/c1-12(25)22-15-6-8-16(9-7-15)23-18(26)11-27-19-21-10-17(24-19)13-2-4-14(20)5-3-13/h2-10H,11H2,1H3,(H,21,24)(H,22,25)(H,23,26). The summed E-state index contributed by atoms with van der Waals surface area (Å²) in [6.07, 6.45) is 1.65. The maximum atomic E-state index is 13.0. The van der Waals surface area contributed by atoms with Crippen LogP contribution in [0.2, 0.25) is 0 Å². The lowest BCUT2D eigenvalue weighted by molar-refractivity contribution is -0.114. The van der Waals surface area contributed by atoms with Gasteiger partial charge in [-0.2, -0.15) is 0 Å². The minimum Gasteiger partial charge on any atom is -0.333 e. The monoisotopic (exact) mass is 384 g/mol. The molecule has 0 radical (unpaired) electrons. The first kappa shape index (κ1) is 18.7. The third kappa shape index (κ3) is 5.42. The molecule has 1 heterocycles. The highest BCUT2D eigenvalue weighted by atomic mass is 32.2. The molecule has 0 fully saturated rings. The second-order valence-electron chi connectivity index (χ2n) is 5.70. The van der Waals surface area contributed by atoms with Crippen molar-refractivity contribution in [1.82, 2.24) is 9.97 Å². The van der Waals surface area contributed by atoms with Gasteiger partial charge in [-0.15, -0.1) is 0 Å². The van der Waals surface area contributed by atoms with E-state index in [-0.39, 0.29) is 23.4 Å². The summed E-state index contributed by atoms with van der Waals surface area (Å²) in [5.74, 6) is -0.438. The molecular formula is C19H17FN4O2S. The number of aromatic nitrogens is 2. The summed E-state index contributed by atoms with van der Waals surface area (Å²) < 4.78 is 13.0. The fourth-order valence-corrected chi connectivity index (χ4v) is 2.97. The predicted molar refractivity (Wildman–Crippen MR) is 104 cm³/mol. The summed E-state index contributed by atoms with van der Waals surface area (Å²) in [7, 11) is 0. The van der Waals surface area contributed by atoms with Crippen molar-refractivity contribution in [3.05, 3.63) is 60.5 Å². The number of thioether (sulfide) groups is 1. The summed E-state index contributed by atoms with van der Waals surface area (Å²) in [5.41, 5.74) is 2.88. The molecule has 8 heteroatoms. The quantitative estimate of drug-likeness (QED) is 0.563. The summed E-state index contributed by atoms with van der Waals surface area (Å²) in [6.45, 7) is 1.43. The van der Waals surface area contributed by atoms with Gasteiger partial charge in [0.15, 0.2) is 5.16 Å². The number of hydrogen-bond acceptors (Lipinski definition) is 4. The van der Waals surface area contributed by atoms with Crippen LogP contribution in [0.5, 0.6) is 0 Å². The number of amides is 2. The predicted octanol–water partition coefficient (Wildman–Crippen LogP) is 3.91. The van der Waals surface area contributed by atoms with Gasteiger partial charge in [0.1, 0.15) is 5.82 Å². The van der Waals surface area contributed by atoms with E-state index in [1.54, 1.807) is 42.6 Å². The van der Waals surface area contributed by atoms with E-state index in [1.165, 1.54) is 30.8 Å². The number of hydrogen-bond donors (Lipinski definition) is 3. The molecule has 3 N–H and O–H groups in total. The first-order valence-corrected chi connectivity index (χ1v) is 9.09. The van der Waals surface area contributed by atoms with Crippen LogP contribution >= 0.6 is 11.8 Å². The second kappa shape index (κ2) is 8.50. The number of aromatic amines is 1. The summed E-state index contributed by atoms with van der Waals surface area (Å²) in [5, 5.41) is 6.05. The maximum absolute atomic E-state index is 13.0. The Bertz CT molecular complexity index is 939. The molecule has 0 aliphatic carbocycles. The van der Waals surface area contributed by atoms with E-state index >= 15 is 0 Å². The topological polar surface area (TPSA) is 86.9 Å². The molecule has 0 spiro atoms. The molecular weight excluding hydrogens is 367 g/mol. The van der Waals surface area contributed by atoms with E-state index in [2.05, 4.69) is 20.6 Å². The van der Waals surface area contributed by atoms with E-state index in [0.717, 1.165) is 11.3 Å². The lowest BCUT2D eigenvalue weighted by Gasteiger charge is -2.06. The van der Waals surface area contributed by atoms with E-state index in [4.69, 9.17) is 0 Å². The van der Waals surface area contributed by atoms with Crippen LogP contribution in [0.3, 0.4) is 0 Å². The zero-order valence-electron chi connectivity index (χ0n) is 14.5. The Labute approximate surface area is 159 Å². The molecule has 6 nitrogen and oxygen atoms in total. The van der Waals surface area contributed by atoms with E-state index < -0.39 is 0 Å². The molecule has 138 valence electrons. The molecule has 2 aromatic carbocycles. The average molecular weight is 384 g/mol. The van der Waals surface area contributed by atoms with Gasteiger partial charge in [-0.3, -0.25) is 9.59 Å². The summed E-state index contributed by atoms with van der Waals surface area (Å²) in [6, 6.07) is 12.9. The molecule has 0 saturated carbocycles. The second-order valence-corrected chi connectivity index (χ2v) is 6.67. The number of imidazole rings is 1. The molecule has 3 aromatic rings. The highest BCUT2D eigenvalue weighted by Gasteiger charge is 2.08. The summed E-state index contributed by atoms with van der Waals surface area (Å²) >= 11 is 1.27.